The first-order chi connectivity index (χ1) is 13.0. The molecule has 0 radical (unpaired) electrons. The molecule has 8 nitrogen and oxygen atoms in total. The van der Waals surface area contributed by atoms with Gasteiger partial charge in [-0.2, -0.15) is 14.4 Å². The van der Waals surface area contributed by atoms with Crippen LogP contribution in [0.5, 0.6) is 0 Å². The van der Waals surface area contributed by atoms with Crippen molar-refractivity contribution in [2.24, 2.45) is 0 Å². The van der Waals surface area contributed by atoms with Crippen molar-refractivity contribution in [2.45, 2.75) is 38.1 Å². The Bertz CT molecular complexity index is 1050. The molecule has 0 atom stereocenters. The van der Waals surface area contributed by atoms with Crippen LogP contribution in [0.4, 0.5) is 0 Å². The maximum Gasteiger partial charge on any atom is 0.257 e. The highest BCUT2D eigenvalue weighted by Gasteiger charge is 2.32. The molecular formula is C18H21N5O3S. The van der Waals surface area contributed by atoms with Gasteiger partial charge < -0.3 is 4.52 Å². The van der Waals surface area contributed by atoms with E-state index in [2.05, 4.69) is 15.2 Å². The molecule has 0 unspecified atom stereocenters. The first kappa shape index (κ1) is 17.9. The molecule has 0 N–H and O–H groups in total. The molecule has 0 amide bonds. The van der Waals surface area contributed by atoms with Crippen LogP contribution in [-0.4, -0.2) is 45.7 Å². The van der Waals surface area contributed by atoms with E-state index in [1.165, 1.54) is 4.31 Å². The van der Waals surface area contributed by atoms with E-state index < -0.39 is 10.0 Å². The fourth-order valence-electron chi connectivity index (χ4n) is 3.42. The minimum Gasteiger partial charge on any atom is -0.334 e. The van der Waals surface area contributed by atoms with Crippen LogP contribution in [0.15, 0.2) is 39.8 Å². The van der Waals surface area contributed by atoms with Crippen LogP contribution >= 0.6 is 0 Å². The maximum atomic E-state index is 13.0. The molecule has 1 aliphatic heterocycles. The zero-order valence-corrected chi connectivity index (χ0v) is 16.1. The Labute approximate surface area is 157 Å². The Hall–Kier alpha value is -2.52. The molecule has 1 aromatic carbocycles. The molecule has 1 aliphatic rings. The molecule has 27 heavy (non-hydrogen) atoms. The van der Waals surface area contributed by atoms with Crippen molar-refractivity contribution in [1.29, 1.82) is 0 Å². The minimum atomic E-state index is -3.52. The van der Waals surface area contributed by atoms with Crippen LogP contribution in [0, 0.1) is 13.8 Å². The fraction of sp³-hybridized carbons (Fsp3) is 0.389. The van der Waals surface area contributed by atoms with Crippen LogP contribution in [0.3, 0.4) is 0 Å². The number of aryl methyl sites for hydroxylation is 1. The summed E-state index contributed by atoms with van der Waals surface area (Å²) in [6, 6.07) is 9.49. The average Bonchev–Trinajstić information content (AvgIpc) is 3.38. The van der Waals surface area contributed by atoms with E-state index in [-0.39, 0.29) is 11.4 Å². The zero-order valence-electron chi connectivity index (χ0n) is 15.3. The molecule has 0 bridgehead atoms. The van der Waals surface area contributed by atoms with Crippen molar-refractivity contribution in [3.05, 3.63) is 47.5 Å². The molecule has 142 valence electrons. The monoisotopic (exact) mass is 387 g/mol. The molecular weight excluding hydrogens is 366 g/mol. The van der Waals surface area contributed by atoms with Gasteiger partial charge in [-0.05, 0) is 38.8 Å². The number of aromatic nitrogens is 4. The molecule has 9 heteroatoms. The van der Waals surface area contributed by atoms with Gasteiger partial charge in [-0.1, -0.05) is 23.4 Å². The summed E-state index contributed by atoms with van der Waals surface area (Å²) in [6.07, 6.45) is 1.80. The average molecular weight is 387 g/mol. The molecule has 0 spiro atoms. The fourth-order valence-corrected chi connectivity index (χ4v) is 5.31. The highest BCUT2D eigenvalue weighted by molar-refractivity contribution is 7.89. The predicted octanol–water partition coefficient (Wildman–Crippen LogP) is 2.38. The summed E-state index contributed by atoms with van der Waals surface area (Å²) in [4.78, 5) is 4.69. The number of benzene rings is 1. The second-order valence-corrected chi connectivity index (χ2v) is 8.53. The standard InChI is InChI=1S/C18H21N5O3S/c1-13-17(27(24,25)22-10-6-7-11-22)14(2)23(20-13)12-16-19-18(26-21-16)15-8-4-3-5-9-15/h3-5,8-9H,6-7,10-12H2,1-2H3. The minimum absolute atomic E-state index is 0.249. The molecule has 3 heterocycles. The molecule has 4 rings (SSSR count). The molecule has 1 fully saturated rings. The first-order valence-electron chi connectivity index (χ1n) is 8.89. The van der Waals surface area contributed by atoms with Crippen LogP contribution < -0.4 is 0 Å². The van der Waals surface area contributed by atoms with Crippen LogP contribution in [-0.2, 0) is 16.6 Å². The molecule has 2 aromatic heterocycles. The Morgan fingerprint density at radius 3 is 2.52 bits per heavy atom. The van der Waals surface area contributed by atoms with Gasteiger partial charge in [-0.15, -0.1) is 0 Å². The van der Waals surface area contributed by atoms with E-state index in [4.69, 9.17) is 4.52 Å². The topological polar surface area (TPSA) is 94.1 Å². The lowest BCUT2D eigenvalue weighted by molar-refractivity contribution is 0.418. The van der Waals surface area contributed by atoms with Crippen LogP contribution in [0.25, 0.3) is 11.5 Å². The number of hydrogen-bond acceptors (Lipinski definition) is 6. The largest absolute Gasteiger partial charge is 0.334 e. The third-order valence-electron chi connectivity index (χ3n) is 4.76. The SMILES string of the molecule is Cc1nn(Cc2noc(-c3ccccc3)n2)c(C)c1S(=O)(=O)N1CCCC1. The van der Waals surface area contributed by atoms with Crippen LogP contribution in [0.1, 0.15) is 30.1 Å². The third-order valence-corrected chi connectivity index (χ3v) is 6.91. The lowest BCUT2D eigenvalue weighted by atomic mass is 10.2. The lowest BCUT2D eigenvalue weighted by Gasteiger charge is -2.15. The van der Waals surface area contributed by atoms with Gasteiger partial charge in [0.05, 0.1) is 11.4 Å². The van der Waals surface area contributed by atoms with Gasteiger partial charge in [0, 0.05) is 18.7 Å². The summed E-state index contributed by atoms with van der Waals surface area (Å²) in [5.74, 6) is 0.876. The van der Waals surface area contributed by atoms with Gasteiger partial charge in [0.25, 0.3) is 5.89 Å². The zero-order chi connectivity index (χ0) is 19.0. The van der Waals surface area contributed by atoms with Crippen molar-refractivity contribution in [1.82, 2.24) is 24.2 Å². The van der Waals surface area contributed by atoms with Crippen LogP contribution in [0.2, 0.25) is 0 Å². The first-order valence-corrected chi connectivity index (χ1v) is 10.3. The number of sulfonamides is 1. The normalized spacial score (nSPS) is 15.5. The van der Waals surface area contributed by atoms with Gasteiger partial charge in [-0.25, -0.2) is 8.42 Å². The molecule has 1 saturated heterocycles. The predicted molar refractivity (Wildman–Crippen MR) is 98.5 cm³/mol. The van der Waals surface area contributed by atoms with Crippen molar-refractivity contribution in [3.63, 3.8) is 0 Å². The summed E-state index contributed by atoms with van der Waals surface area (Å²) in [7, 11) is -3.52. The Kier molecular flexibility index (Phi) is 4.56. The number of hydrogen-bond donors (Lipinski definition) is 0. The summed E-state index contributed by atoms with van der Waals surface area (Å²) < 4.78 is 34.4. The van der Waals surface area contributed by atoms with Crippen molar-refractivity contribution >= 4 is 10.0 Å². The molecule has 3 aromatic rings. The molecule has 0 aliphatic carbocycles. The summed E-state index contributed by atoms with van der Waals surface area (Å²) in [5, 5.41) is 8.42. The Balaban J connectivity index is 1.62. The Morgan fingerprint density at radius 1 is 1.11 bits per heavy atom. The quantitative estimate of drug-likeness (QED) is 0.667. The number of nitrogens with zero attached hydrogens (tertiary/aromatic N) is 5. The van der Waals surface area contributed by atoms with Gasteiger partial charge in [0.1, 0.15) is 11.4 Å². The lowest BCUT2D eigenvalue weighted by Crippen LogP contribution is -2.28. The van der Waals surface area contributed by atoms with E-state index in [1.807, 2.05) is 30.3 Å². The maximum absolute atomic E-state index is 13.0. The van der Waals surface area contributed by atoms with E-state index in [0.29, 0.717) is 36.2 Å². The Morgan fingerprint density at radius 2 is 1.81 bits per heavy atom. The number of rotatable bonds is 5. The second-order valence-electron chi connectivity index (χ2n) is 6.65. The summed E-state index contributed by atoms with van der Waals surface area (Å²) >= 11 is 0. The summed E-state index contributed by atoms with van der Waals surface area (Å²) in [6.45, 7) is 4.87. The highest BCUT2D eigenvalue weighted by Crippen LogP contribution is 2.26. The highest BCUT2D eigenvalue weighted by atomic mass is 32.2. The van der Waals surface area contributed by atoms with Gasteiger partial charge >= 0.3 is 0 Å². The van der Waals surface area contributed by atoms with E-state index in [1.54, 1.807) is 18.5 Å². The molecule has 0 saturated carbocycles. The smallest absolute Gasteiger partial charge is 0.257 e. The van der Waals surface area contributed by atoms with E-state index in [9.17, 15) is 8.42 Å². The van der Waals surface area contributed by atoms with Crippen molar-refractivity contribution < 1.29 is 12.9 Å². The van der Waals surface area contributed by atoms with Gasteiger partial charge in [-0.3, -0.25) is 4.68 Å². The van der Waals surface area contributed by atoms with Gasteiger partial charge in [0.15, 0.2) is 5.82 Å². The van der Waals surface area contributed by atoms with Crippen molar-refractivity contribution in [2.75, 3.05) is 13.1 Å². The van der Waals surface area contributed by atoms with Crippen molar-refractivity contribution in [3.8, 4) is 11.5 Å². The third kappa shape index (κ3) is 3.28. The van der Waals surface area contributed by atoms with E-state index in [0.717, 1.165) is 18.4 Å². The second kappa shape index (κ2) is 6.90. The van der Waals surface area contributed by atoms with Gasteiger partial charge in [0.2, 0.25) is 10.0 Å². The van der Waals surface area contributed by atoms with E-state index >= 15 is 0 Å². The summed E-state index contributed by atoms with van der Waals surface area (Å²) in [5.41, 5.74) is 1.92.